The van der Waals surface area contributed by atoms with E-state index in [1.807, 2.05) is 6.08 Å². The van der Waals surface area contributed by atoms with Gasteiger partial charge >= 0.3 is 0 Å². The van der Waals surface area contributed by atoms with Crippen LogP contribution in [0.4, 0.5) is 0 Å². The van der Waals surface area contributed by atoms with Crippen molar-refractivity contribution in [2.75, 3.05) is 0 Å². The summed E-state index contributed by atoms with van der Waals surface area (Å²) in [5, 5.41) is 0. The summed E-state index contributed by atoms with van der Waals surface area (Å²) in [5.74, 6) is 0.300. The SMILES string of the molecule is CC(C)(C)O[C@H]1CCCC2=CC(=O)CC[C@@]21C. The Kier molecular flexibility index (Phi) is 3.19. The van der Waals surface area contributed by atoms with Crippen LogP contribution < -0.4 is 0 Å². The highest BCUT2D eigenvalue weighted by Gasteiger charge is 2.44. The minimum Gasteiger partial charge on any atom is -0.372 e. The number of fused-ring (bicyclic) bond motifs is 1. The fraction of sp³-hybridized carbons (Fsp3) is 0.800. The zero-order valence-electron chi connectivity index (χ0n) is 11.5. The Bertz CT molecular complexity index is 348. The quantitative estimate of drug-likeness (QED) is 0.694. The molecule has 2 rings (SSSR count). The van der Waals surface area contributed by atoms with E-state index >= 15 is 0 Å². The van der Waals surface area contributed by atoms with E-state index in [0.29, 0.717) is 12.2 Å². The van der Waals surface area contributed by atoms with Gasteiger partial charge in [-0.1, -0.05) is 12.5 Å². The maximum absolute atomic E-state index is 11.5. The summed E-state index contributed by atoms with van der Waals surface area (Å²) in [6.07, 6.45) is 7.15. The minimum atomic E-state index is -0.0996. The Balaban J connectivity index is 2.24. The first-order valence-corrected chi connectivity index (χ1v) is 6.73. The summed E-state index contributed by atoms with van der Waals surface area (Å²) >= 11 is 0. The Morgan fingerprint density at radius 2 is 2.06 bits per heavy atom. The molecule has 0 amide bonds. The summed E-state index contributed by atoms with van der Waals surface area (Å²) < 4.78 is 6.23. The maximum atomic E-state index is 11.5. The fourth-order valence-electron chi connectivity index (χ4n) is 3.11. The summed E-state index contributed by atoms with van der Waals surface area (Å²) in [6.45, 7) is 8.62. The predicted molar refractivity (Wildman–Crippen MR) is 68.9 cm³/mol. The van der Waals surface area contributed by atoms with Crippen molar-refractivity contribution in [3.05, 3.63) is 11.6 Å². The van der Waals surface area contributed by atoms with Gasteiger partial charge in [0.25, 0.3) is 0 Å². The van der Waals surface area contributed by atoms with Gasteiger partial charge in [-0.3, -0.25) is 4.79 Å². The third-order valence-corrected chi connectivity index (χ3v) is 4.08. The van der Waals surface area contributed by atoms with E-state index in [9.17, 15) is 4.79 Å². The van der Waals surface area contributed by atoms with Gasteiger partial charge in [0.05, 0.1) is 11.7 Å². The van der Waals surface area contributed by atoms with Crippen LogP contribution in [0.3, 0.4) is 0 Å². The summed E-state index contributed by atoms with van der Waals surface area (Å²) in [7, 11) is 0. The van der Waals surface area contributed by atoms with Crippen molar-refractivity contribution in [1.82, 2.24) is 0 Å². The van der Waals surface area contributed by atoms with Crippen LogP contribution in [0.5, 0.6) is 0 Å². The number of allylic oxidation sites excluding steroid dienone is 1. The zero-order valence-corrected chi connectivity index (χ0v) is 11.5. The number of ketones is 1. The molecule has 17 heavy (non-hydrogen) atoms. The highest BCUT2D eigenvalue weighted by atomic mass is 16.5. The molecule has 0 aliphatic heterocycles. The zero-order chi connectivity index (χ0) is 12.7. The second-order valence-electron chi connectivity index (χ2n) is 6.66. The van der Waals surface area contributed by atoms with Crippen molar-refractivity contribution in [1.29, 1.82) is 0 Å². The van der Waals surface area contributed by atoms with Gasteiger partial charge < -0.3 is 4.74 Å². The number of rotatable bonds is 1. The number of carbonyl (C=O) groups is 1. The molecule has 2 aliphatic rings. The van der Waals surface area contributed by atoms with E-state index in [1.165, 1.54) is 5.57 Å². The lowest BCUT2D eigenvalue weighted by molar-refractivity contribution is -0.126. The maximum Gasteiger partial charge on any atom is 0.155 e. The molecule has 0 aromatic heterocycles. The Hall–Kier alpha value is -0.630. The molecule has 0 radical (unpaired) electrons. The van der Waals surface area contributed by atoms with E-state index in [4.69, 9.17) is 4.74 Å². The molecule has 0 heterocycles. The van der Waals surface area contributed by atoms with Crippen molar-refractivity contribution in [2.24, 2.45) is 5.41 Å². The average molecular weight is 236 g/mol. The molecule has 1 fully saturated rings. The van der Waals surface area contributed by atoms with E-state index in [0.717, 1.165) is 25.7 Å². The molecule has 1 saturated carbocycles. The van der Waals surface area contributed by atoms with E-state index in [2.05, 4.69) is 27.7 Å². The smallest absolute Gasteiger partial charge is 0.155 e. The second kappa shape index (κ2) is 4.24. The topological polar surface area (TPSA) is 26.3 Å². The standard InChI is InChI=1S/C15H24O2/c1-14(2,3)17-13-7-5-6-11-10-12(16)8-9-15(11,13)4/h10,13H,5-9H2,1-4H3/t13-,15-/m0/s1. The summed E-state index contributed by atoms with van der Waals surface area (Å²) in [6, 6.07) is 0. The molecule has 96 valence electrons. The largest absolute Gasteiger partial charge is 0.372 e. The molecule has 2 heteroatoms. The first kappa shape index (κ1) is 12.8. The molecule has 0 saturated heterocycles. The van der Waals surface area contributed by atoms with E-state index in [1.54, 1.807) is 0 Å². The van der Waals surface area contributed by atoms with Crippen LogP contribution in [-0.2, 0) is 9.53 Å². The normalized spacial score (nSPS) is 34.2. The van der Waals surface area contributed by atoms with Gasteiger partial charge in [0.1, 0.15) is 0 Å². The summed E-state index contributed by atoms with van der Waals surface area (Å²) in [4.78, 5) is 11.5. The third kappa shape index (κ3) is 2.62. The minimum absolute atomic E-state index is 0.0967. The first-order valence-electron chi connectivity index (χ1n) is 6.73. The molecule has 2 nitrogen and oxygen atoms in total. The van der Waals surface area contributed by atoms with Crippen molar-refractivity contribution in [3.8, 4) is 0 Å². The van der Waals surface area contributed by atoms with Gasteiger partial charge in [-0.2, -0.15) is 0 Å². The van der Waals surface area contributed by atoms with Crippen molar-refractivity contribution in [2.45, 2.75) is 71.5 Å². The lowest BCUT2D eigenvalue weighted by Gasteiger charge is -2.47. The lowest BCUT2D eigenvalue weighted by Crippen LogP contribution is -2.45. The molecule has 2 atom stereocenters. The molecule has 0 N–H and O–H groups in total. The Morgan fingerprint density at radius 1 is 1.35 bits per heavy atom. The Morgan fingerprint density at radius 3 is 2.71 bits per heavy atom. The molecule has 0 unspecified atom stereocenters. The van der Waals surface area contributed by atoms with Crippen LogP contribution >= 0.6 is 0 Å². The van der Waals surface area contributed by atoms with Crippen molar-refractivity contribution in [3.63, 3.8) is 0 Å². The van der Waals surface area contributed by atoms with Gasteiger partial charge in [-0.25, -0.2) is 0 Å². The molecule has 0 aromatic rings. The molecular weight excluding hydrogens is 212 g/mol. The number of ether oxygens (including phenoxy) is 1. The fourth-order valence-corrected chi connectivity index (χ4v) is 3.11. The molecule has 0 spiro atoms. The molecule has 0 aromatic carbocycles. The highest BCUT2D eigenvalue weighted by Crippen LogP contribution is 2.48. The van der Waals surface area contributed by atoms with Crippen molar-refractivity contribution >= 4 is 5.78 Å². The van der Waals surface area contributed by atoms with E-state index in [-0.39, 0.29) is 17.1 Å². The van der Waals surface area contributed by atoms with Crippen LogP contribution in [0.25, 0.3) is 0 Å². The van der Waals surface area contributed by atoms with Crippen LogP contribution in [0.1, 0.15) is 59.8 Å². The number of carbonyl (C=O) groups excluding carboxylic acids is 1. The van der Waals surface area contributed by atoms with Gasteiger partial charge in [0.15, 0.2) is 5.78 Å². The second-order valence-corrected chi connectivity index (χ2v) is 6.66. The third-order valence-electron chi connectivity index (χ3n) is 4.08. The molecular formula is C15H24O2. The van der Waals surface area contributed by atoms with Gasteiger partial charge in [0.2, 0.25) is 0 Å². The first-order chi connectivity index (χ1) is 7.81. The molecule has 2 aliphatic carbocycles. The molecule has 0 bridgehead atoms. The van der Waals surface area contributed by atoms with Crippen LogP contribution in [0, 0.1) is 5.41 Å². The summed E-state index contributed by atoms with van der Waals surface area (Å²) in [5.41, 5.74) is 1.33. The predicted octanol–water partition coefficient (Wildman–Crippen LogP) is 3.65. The van der Waals surface area contributed by atoms with Crippen molar-refractivity contribution < 1.29 is 9.53 Å². The van der Waals surface area contributed by atoms with Crippen LogP contribution in [-0.4, -0.2) is 17.5 Å². The van der Waals surface area contributed by atoms with Gasteiger partial charge in [-0.15, -0.1) is 0 Å². The highest BCUT2D eigenvalue weighted by molar-refractivity contribution is 5.91. The Labute approximate surface area is 104 Å². The van der Waals surface area contributed by atoms with Crippen LogP contribution in [0.15, 0.2) is 11.6 Å². The number of hydrogen-bond donors (Lipinski definition) is 0. The van der Waals surface area contributed by atoms with E-state index < -0.39 is 0 Å². The monoisotopic (exact) mass is 236 g/mol. The number of hydrogen-bond acceptors (Lipinski definition) is 2. The van der Waals surface area contributed by atoms with Gasteiger partial charge in [0, 0.05) is 11.8 Å². The van der Waals surface area contributed by atoms with Gasteiger partial charge in [-0.05, 0) is 52.5 Å². The average Bonchev–Trinajstić information content (AvgIpc) is 2.19. The lowest BCUT2D eigenvalue weighted by atomic mass is 9.64. The van der Waals surface area contributed by atoms with Crippen LogP contribution in [0.2, 0.25) is 0 Å².